The summed E-state index contributed by atoms with van der Waals surface area (Å²) in [5.41, 5.74) is 4.84. The first kappa shape index (κ1) is 30.3. The van der Waals surface area contributed by atoms with Crippen molar-refractivity contribution in [2.75, 3.05) is 19.7 Å². The Balaban J connectivity index is 1.83. The van der Waals surface area contributed by atoms with Crippen LogP contribution in [0.4, 0.5) is 13.2 Å². The predicted molar refractivity (Wildman–Crippen MR) is 133 cm³/mol. The minimum Gasteiger partial charge on any atom is -0.493 e. The third kappa shape index (κ3) is 7.87. The van der Waals surface area contributed by atoms with Gasteiger partial charge in [-0.1, -0.05) is 18.2 Å². The van der Waals surface area contributed by atoms with E-state index in [1.165, 1.54) is 47.0 Å². The Kier molecular flexibility index (Phi) is 9.62. The molecule has 3 rings (SSSR count). The maximum atomic E-state index is 12.8. The van der Waals surface area contributed by atoms with E-state index in [-0.39, 0.29) is 16.0 Å². The number of rotatable bonds is 11. The molecule has 0 aliphatic rings. The number of nitrogens with one attached hydrogen (secondary N) is 2. The van der Waals surface area contributed by atoms with Gasteiger partial charge in [-0.05, 0) is 37.2 Å². The number of benzene rings is 1. The summed E-state index contributed by atoms with van der Waals surface area (Å²) < 4.78 is 75.5. The fourth-order valence-electron chi connectivity index (χ4n) is 3.25. The molecule has 0 spiro atoms. The van der Waals surface area contributed by atoms with Crippen LogP contribution in [0.25, 0.3) is 5.52 Å². The minimum atomic E-state index is -5.54. The molecule has 1 aromatic carbocycles. The third-order valence-corrected chi connectivity index (χ3v) is 6.67. The van der Waals surface area contributed by atoms with Gasteiger partial charge in [0.1, 0.15) is 11.8 Å². The third-order valence-electron chi connectivity index (χ3n) is 5.18. The van der Waals surface area contributed by atoms with Gasteiger partial charge in [0.25, 0.3) is 11.5 Å². The van der Waals surface area contributed by atoms with Crippen molar-refractivity contribution in [3.05, 3.63) is 76.7 Å². The summed E-state index contributed by atoms with van der Waals surface area (Å²) in [6.07, 6.45) is -3.55. The van der Waals surface area contributed by atoms with Crippen LogP contribution in [0.2, 0.25) is 0 Å². The van der Waals surface area contributed by atoms with E-state index in [2.05, 4.69) is 10.1 Å². The number of nitrogens with zero attached hydrogens (tertiary/aromatic N) is 1. The summed E-state index contributed by atoms with van der Waals surface area (Å²) in [6, 6.07) is 9.58. The van der Waals surface area contributed by atoms with Crippen LogP contribution in [0.3, 0.4) is 0 Å². The van der Waals surface area contributed by atoms with Crippen LogP contribution in [0.5, 0.6) is 5.75 Å². The smallest absolute Gasteiger partial charge is 0.491 e. The van der Waals surface area contributed by atoms with E-state index < -0.39 is 52.2 Å². The largest absolute Gasteiger partial charge is 0.493 e. The monoisotopic (exact) mass is 584 g/mol. The molecule has 0 fully saturated rings. The normalized spacial score (nSPS) is 12.5. The molecule has 3 aromatic rings. The second-order valence-corrected chi connectivity index (χ2v) is 9.85. The lowest BCUT2D eigenvalue weighted by Crippen LogP contribution is -2.50. The van der Waals surface area contributed by atoms with Crippen LogP contribution in [0.15, 0.2) is 70.5 Å². The van der Waals surface area contributed by atoms with Gasteiger partial charge in [-0.25, -0.2) is 18.0 Å². The average Bonchev–Trinajstić information content (AvgIpc) is 2.90. The van der Waals surface area contributed by atoms with Crippen molar-refractivity contribution in [3.63, 3.8) is 0 Å². The minimum absolute atomic E-state index is 0.214. The zero-order valence-corrected chi connectivity index (χ0v) is 21.3. The van der Waals surface area contributed by atoms with Gasteiger partial charge < -0.3 is 20.5 Å². The van der Waals surface area contributed by atoms with Crippen molar-refractivity contribution in [1.29, 1.82) is 0 Å². The molecule has 0 saturated heterocycles. The van der Waals surface area contributed by atoms with Crippen molar-refractivity contribution >= 4 is 33.4 Å². The van der Waals surface area contributed by atoms with Crippen molar-refractivity contribution in [2.24, 2.45) is 5.73 Å². The molecule has 214 valence electrons. The molecule has 1 amide bonds. The number of alkyl halides is 3. The number of nitrogens with two attached hydrogens (primary N) is 1. The highest BCUT2D eigenvalue weighted by Crippen LogP contribution is 2.18. The highest BCUT2D eigenvalue weighted by molar-refractivity contribution is 7.89. The molecule has 40 heavy (non-hydrogen) atoms. The van der Waals surface area contributed by atoms with E-state index in [4.69, 9.17) is 10.5 Å². The number of ether oxygens (including phenoxy) is 2. The number of amides is 1. The SMILES string of the molecule is NCCCOc1ccn2c(=O)cc(C(=O)NC[C@H](NS(=O)(=O)c3ccccc3)C(=O)OC(=O)C(F)(F)F)cc2c1. The highest BCUT2D eigenvalue weighted by Gasteiger charge is 2.44. The van der Waals surface area contributed by atoms with E-state index >= 15 is 0 Å². The molecular formula is C24H23F3N4O8S. The first-order valence-corrected chi connectivity index (χ1v) is 13.0. The van der Waals surface area contributed by atoms with E-state index in [1.807, 2.05) is 4.72 Å². The Morgan fingerprint density at radius 1 is 1.05 bits per heavy atom. The number of aromatic nitrogens is 1. The summed E-state index contributed by atoms with van der Waals surface area (Å²) in [7, 11) is -4.51. The maximum Gasteiger partial charge on any atom is 0.491 e. The van der Waals surface area contributed by atoms with Crippen LogP contribution in [0.1, 0.15) is 16.8 Å². The highest BCUT2D eigenvalue weighted by atomic mass is 32.2. The number of hydrogen-bond donors (Lipinski definition) is 3. The van der Waals surface area contributed by atoms with Gasteiger partial charge in [0, 0.05) is 30.4 Å². The van der Waals surface area contributed by atoms with E-state index in [9.17, 15) is 40.8 Å². The zero-order valence-electron chi connectivity index (χ0n) is 20.5. The number of halogens is 3. The number of esters is 2. The predicted octanol–water partition coefficient (Wildman–Crippen LogP) is 0.736. The number of pyridine rings is 2. The second-order valence-electron chi connectivity index (χ2n) is 8.13. The van der Waals surface area contributed by atoms with Crippen LogP contribution in [0, 0.1) is 0 Å². The lowest BCUT2D eigenvalue weighted by atomic mass is 10.2. The lowest BCUT2D eigenvalue weighted by Gasteiger charge is -2.18. The fraction of sp³-hybridized carbons (Fsp3) is 0.250. The van der Waals surface area contributed by atoms with Gasteiger partial charge in [-0.15, -0.1) is 0 Å². The van der Waals surface area contributed by atoms with E-state index in [1.54, 1.807) is 0 Å². The zero-order chi connectivity index (χ0) is 29.5. The van der Waals surface area contributed by atoms with Gasteiger partial charge in [-0.2, -0.15) is 17.9 Å². The van der Waals surface area contributed by atoms with Crippen molar-refractivity contribution in [1.82, 2.24) is 14.4 Å². The topological polar surface area (TPSA) is 175 Å². The summed E-state index contributed by atoms with van der Waals surface area (Å²) in [4.78, 5) is 48.4. The Bertz CT molecular complexity index is 1560. The molecule has 16 heteroatoms. The molecule has 0 aliphatic heterocycles. The fourth-order valence-corrected chi connectivity index (χ4v) is 4.46. The van der Waals surface area contributed by atoms with Crippen LogP contribution in [-0.2, 0) is 24.3 Å². The number of carbonyl (C=O) groups excluding carboxylic acids is 3. The Morgan fingerprint density at radius 3 is 2.40 bits per heavy atom. The number of carbonyl (C=O) groups is 3. The summed E-state index contributed by atoms with van der Waals surface area (Å²) in [6.45, 7) is -0.224. The van der Waals surface area contributed by atoms with Gasteiger partial charge in [0.2, 0.25) is 10.0 Å². The average molecular weight is 585 g/mol. The van der Waals surface area contributed by atoms with Gasteiger partial charge in [-0.3, -0.25) is 14.0 Å². The molecule has 0 aliphatic carbocycles. The quantitative estimate of drug-likeness (QED) is 0.167. The van der Waals surface area contributed by atoms with E-state index in [0.717, 1.165) is 18.2 Å². The van der Waals surface area contributed by atoms with Gasteiger partial charge in [0.15, 0.2) is 0 Å². The van der Waals surface area contributed by atoms with Crippen molar-refractivity contribution in [2.45, 2.75) is 23.5 Å². The number of hydrogen-bond acceptors (Lipinski definition) is 9. The Morgan fingerprint density at radius 2 is 1.75 bits per heavy atom. The molecule has 2 aromatic heterocycles. The number of fused-ring (bicyclic) bond motifs is 1. The lowest BCUT2D eigenvalue weighted by molar-refractivity contribution is -0.202. The van der Waals surface area contributed by atoms with Crippen molar-refractivity contribution < 1.29 is 45.4 Å². The molecule has 0 saturated carbocycles. The van der Waals surface area contributed by atoms with Gasteiger partial charge >= 0.3 is 18.1 Å². The van der Waals surface area contributed by atoms with Crippen LogP contribution >= 0.6 is 0 Å². The molecule has 0 radical (unpaired) electrons. The molecular weight excluding hydrogens is 561 g/mol. The molecule has 0 unspecified atom stereocenters. The summed E-state index contributed by atoms with van der Waals surface area (Å²) >= 11 is 0. The standard InChI is InChI=1S/C24H23F3N4O8S/c25-24(26,27)23(35)39-22(34)19(30-40(36,37)18-5-2-1-3-6-18)14-29-21(33)15-11-16-13-17(38-10-4-8-28)7-9-31(16)20(32)12-15/h1-3,5-7,9,11-13,19,30H,4,8,10,14,28H2,(H,29,33)/t19-/m0/s1. The molecule has 0 bridgehead atoms. The Hall–Kier alpha value is -4.28. The molecule has 4 N–H and O–H groups in total. The molecule has 1 atom stereocenters. The Labute approximate surface area is 224 Å². The first-order valence-electron chi connectivity index (χ1n) is 11.5. The second kappa shape index (κ2) is 12.7. The molecule has 12 nitrogen and oxygen atoms in total. The van der Waals surface area contributed by atoms with Crippen LogP contribution < -0.4 is 26.1 Å². The van der Waals surface area contributed by atoms with Gasteiger partial charge in [0.05, 0.1) is 17.0 Å². The van der Waals surface area contributed by atoms with Crippen molar-refractivity contribution in [3.8, 4) is 5.75 Å². The number of sulfonamides is 1. The summed E-state index contributed by atoms with van der Waals surface area (Å²) in [5, 5.41) is 2.16. The maximum absolute atomic E-state index is 12.8. The first-order chi connectivity index (χ1) is 18.8. The molecule has 2 heterocycles. The van der Waals surface area contributed by atoms with Crippen LogP contribution in [-0.4, -0.2) is 62.6 Å². The summed E-state index contributed by atoms with van der Waals surface area (Å²) in [5.74, 6) is -5.38. The van der Waals surface area contributed by atoms with E-state index in [0.29, 0.717) is 25.3 Å².